The highest BCUT2D eigenvalue weighted by Gasteiger charge is 2.36. The highest BCUT2D eigenvalue weighted by molar-refractivity contribution is 5.18. The van der Waals surface area contributed by atoms with Crippen molar-refractivity contribution in [1.82, 2.24) is 9.78 Å². The molecule has 74 valence electrons. The lowest BCUT2D eigenvalue weighted by molar-refractivity contribution is -0.142. The number of halogens is 3. The number of alkyl halides is 3. The molecule has 0 saturated heterocycles. The molecular weight excluding hydrogens is 185 g/mol. The second-order valence-corrected chi connectivity index (χ2v) is 2.51. The fraction of sp³-hybridized carbons (Fsp3) is 0.571. The summed E-state index contributed by atoms with van der Waals surface area (Å²) in [4.78, 5) is 0. The summed E-state index contributed by atoms with van der Waals surface area (Å²) >= 11 is 0. The van der Waals surface area contributed by atoms with E-state index in [1.165, 1.54) is 6.20 Å². The molecule has 0 atom stereocenters. The smallest absolute Gasteiger partial charge is 0.392 e. The molecule has 0 saturated carbocycles. The van der Waals surface area contributed by atoms with Crippen LogP contribution in [0.25, 0.3) is 0 Å². The summed E-state index contributed by atoms with van der Waals surface area (Å²) in [6.45, 7) is 1.38. The van der Waals surface area contributed by atoms with E-state index in [9.17, 15) is 13.2 Å². The molecule has 0 radical (unpaired) electrons. The summed E-state index contributed by atoms with van der Waals surface area (Å²) in [5, 5.41) is 11.9. The maximum absolute atomic E-state index is 12.2. The summed E-state index contributed by atoms with van der Waals surface area (Å²) in [6, 6.07) is 0. The highest BCUT2D eigenvalue weighted by atomic mass is 19.4. The van der Waals surface area contributed by atoms with E-state index in [1.807, 2.05) is 0 Å². The molecule has 0 aliphatic rings. The van der Waals surface area contributed by atoms with Gasteiger partial charge >= 0.3 is 6.18 Å². The van der Waals surface area contributed by atoms with Crippen molar-refractivity contribution in [3.8, 4) is 0 Å². The van der Waals surface area contributed by atoms with E-state index >= 15 is 0 Å². The Morgan fingerprint density at radius 1 is 1.54 bits per heavy atom. The minimum atomic E-state index is -4.49. The maximum Gasteiger partial charge on any atom is 0.435 e. The molecule has 0 bridgehead atoms. The number of hydrogen-bond donors (Lipinski definition) is 1. The zero-order valence-electron chi connectivity index (χ0n) is 6.97. The van der Waals surface area contributed by atoms with Gasteiger partial charge in [0.05, 0.1) is 6.61 Å². The van der Waals surface area contributed by atoms with Crippen molar-refractivity contribution in [1.29, 1.82) is 0 Å². The van der Waals surface area contributed by atoms with Gasteiger partial charge < -0.3 is 5.11 Å². The molecule has 0 aromatic carbocycles. The molecule has 0 fully saturated rings. The van der Waals surface area contributed by atoms with Crippen LogP contribution in [0.2, 0.25) is 0 Å². The zero-order chi connectivity index (χ0) is 10.1. The highest BCUT2D eigenvalue weighted by Crippen LogP contribution is 2.30. The Bertz CT molecular complexity index is 292. The van der Waals surface area contributed by atoms with Crippen LogP contribution in [0.15, 0.2) is 6.20 Å². The second kappa shape index (κ2) is 3.37. The molecule has 0 unspecified atom stereocenters. The Morgan fingerprint density at radius 2 is 2.15 bits per heavy atom. The van der Waals surface area contributed by atoms with Gasteiger partial charge in [-0.25, -0.2) is 0 Å². The molecule has 0 aliphatic heterocycles. The Hall–Kier alpha value is -1.04. The number of rotatable bonds is 2. The largest absolute Gasteiger partial charge is 0.435 e. The monoisotopic (exact) mass is 194 g/mol. The van der Waals surface area contributed by atoms with Gasteiger partial charge in [0.15, 0.2) is 5.69 Å². The number of nitrogens with zero attached hydrogens (tertiary/aromatic N) is 2. The first-order chi connectivity index (χ1) is 5.99. The van der Waals surface area contributed by atoms with Gasteiger partial charge in [-0.05, 0) is 6.92 Å². The summed E-state index contributed by atoms with van der Waals surface area (Å²) in [7, 11) is 0. The Kier molecular flexibility index (Phi) is 2.60. The molecule has 6 heteroatoms. The predicted molar refractivity (Wildman–Crippen MR) is 38.8 cm³/mol. The lowest BCUT2D eigenvalue weighted by atomic mass is 10.2. The van der Waals surface area contributed by atoms with Crippen LogP contribution in [-0.2, 0) is 19.3 Å². The van der Waals surface area contributed by atoms with Gasteiger partial charge in [0.1, 0.15) is 0 Å². The molecule has 0 aliphatic carbocycles. The SMILES string of the molecule is CCn1cc(CO)c(C(F)(F)F)n1. The number of aromatic nitrogens is 2. The van der Waals surface area contributed by atoms with Gasteiger partial charge in [0, 0.05) is 18.3 Å². The summed E-state index contributed by atoms with van der Waals surface area (Å²) < 4.78 is 37.7. The van der Waals surface area contributed by atoms with Crippen LogP contribution in [0, 0.1) is 0 Å². The number of aliphatic hydroxyl groups is 1. The predicted octanol–water partition coefficient (Wildman–Crippen LogP) is 1.41. The number of aliphatic hydroxyl groups excluding tert-OH is 1. The van der Waals surface area contributed by atoms with Gasteiger partial charge in [-0.15, -0.1) is 0 Å². The van der Waals surface area contributed by atoms with Gasteiger partial charge in [-0.2, -0.15) is 18.3 Å². The minimum Gasteiger partial charge on any atom is -0.392 e. The fourth-order valence-electron chi connectivity index (χ4n) is 0.979. The van der Waals surface area contributed by atoms with E-state index < -0.39 is 18.5 Å². The normalized spacial score (nSPS) is 12.1. The van der Waals surface area contributed by atoms with Crippen molar-refractivity contribution in [2.24, 2.45) is 0 Å². The van der Waals surface area contributed by atoms with Gasteiger partial charge in [-0.3, -0.25) is 4.68 Å². The fourth-order valence-corrected chi connectivity index (χ4v) is 0.979. The topological polar surface area (TPSA) is 38.0 Å². The molecule has 1 heterocycles. The van der Waals surface area contributed by atoms with Crippen molar-refractivity contribution >= 4 is 0 Å². The average molecular weight is 194 g/mol. The third kappa shape index (κ3) is 2.00. The average Bonchev–Trinajstić information content (AvgIpc) is 2.46. The second-order valence-electron chi connectivity index (χ2n) is 2.51. The van der Waals surface area contributed by atoms with Crippen LogP contribution in [0.4, 0.5) is 13.2 Å². The van der Waals surface area contributed by atoms with Crippen molar-refractivity contribution in [3.05, 3.63) is 17.5 Å². The first-order valence-electron chi connectivity index (χ1n) is 3.73. The minimum absolute atomic E-state index is 0.186. The molecular formula is C7H9F3N2O. The van der Waals surface area contributed by atoms with Crippen LogP contribution >= 0.6 is 0 Å². The summed E-state index contributed by atoms with van der Waals surface area (Å²) in [5.74, 6) is 0. The van der Waals surface area contributed by atoms with Crippen LogP contribution in [0.3, 0.4) is 0 Å². The molecule has 0 amide bonds. The molecule has 0 spiro atoms. The molecule has 1 aromatic heterocycles. The standard InChI is InChI=1S/C7H9F3N2O/c1-2-12-3-5(4-13)6(11-12)7(8,9)10/h3,13H,2,4H2,1H3. The van der Waals surface area contributed by atoms with E-state index in [0.717, 1.165) is 4.68 Å². The van der Waals surface area contributed by atoms with E-state index in [1.54, 1.807) is 6.92 Å². The third-order valence-electron chi connectivity index (χ3n) is 1.60. The van der Waals surface area contributed by atoms with Crippen LogP contribution in [0.5, 0.6) is 0 Å². The molecule has 13 heavy (non-hydrogen) atoms. The van der Waals surface area contributed by atoms with E-state index in [-0.39, 0.29) is 5.56 Å². The van der Waals surface area contributed by atoms with E-state index in [4.69, 9.17) is 5.11 Å². The van der Waals surface area contributed by atoms with Crippen LogP contribution in [0.1, 0.15) is 18.2 Å². The Labute approximate surface area is 72.8 Å². The van der Waals surface area contributed by atoms with Crippen molar-refractivity contribution < 1.29 is 18.3 Å². The lowest BCUT2D eigenvalue weighted by Crippen LogP contribution is -2.09. The van der Waals surface area contributed by atoms with Gasteiger partial charge in [0.2, 0.25) is 0 Å². The van der Waals surface area contributed by atoms with Crippen LogP contribution < -0.4 is 0 Å². The molecule has 3 nitrogen and oxygen atoms in total. The maximum atomic E-state index is 12.2. The van der Waals surface area contributed by atoms with Crippen molar-refractivity contribution in [3.63, 3.8) is 0 Å². The van der Waals surface area contributed by atoms with Crippen molar-refractivity contribution in [2.75, 3.05) is 0 Å². The Balaban J connectivity index is 3.11. The summed E-state index contributed by atoms with van der Waals surface area (Å²) in [6.07, 6.45) is -3.29. The first kappa shape index (κ1) is 10.0. The summed E-state index contributed by atoms with van der Waals surface area (Å²) in [5.41, 5.74) is -1.19. The Morgan fingerprint density at radius 3 is 2.46 bits per heavy atom. The van der Waals surface area contributed by atoms with E-state index in [0.29, 0.717) is 6.54 Å². The number of hydrogen-bond acceptors (Lipinski definition) is 2. The van der Waals surface area contributed by atoms with Gasteiger partial charge in [-0.1, -0.05) is 0 Å². The van der Waals surface area contributed by atoms with E-state index in [2.05, 4.69) is 5.10 Å². The third-order valence-corrected chi connectivity index (χ3v) is 1.60. The van der Waals surface area contributed by atoms with Gasteiger partial charge in [0.25, 0.3) is 0 Å². The van der Waals surface area contributed by atoms with Crippen LogP contribution in [-0.4, -0.2) is 14.9 Å². The van der Waals surface area contributed by atoms with Crippen molar-refractivity contribution in [2.45, 2.75) is 26.3 Å². The first-order valence-corrected chi connectivity index (χ1v) is 3.73. The molecule has 1 rings (SSSR count). The zero-order valence-corrected chi connectivity index (χ0v) is 6.97. The quantitative estimate of drug-likeness (QED) is 0.773. The number of aryl methyl sites for hydroxylation is 1. The lowest BCUT2D eigenvalue weighted by Gasteiger charge is -2.03. The molecule has 1 N–H and O–H groups in total. The molecule has 1 aromatic rings.